The molecule has 2 aromatic rings. The molecule has 138 valence electrons. The topological polar surface area (TPSA) is 41.6 Å². The van der Waals surface area contributed by atoms with Crippen molar-refractivity contribution in [2.45, 2.75) is 18.6 Å². The molecule has 3 heterocycles. The normalized spacial score (nSPS) is 24.7. The van der Waals surface area contributed by atoms with E-state index in [0.717, 1.165) is 48.8 Å². The lowest BCUT2D eigenvalue weighted by Crippen LogP contribution is -2.43. The molecule has 1 N–H and O–H groups in total. The van der Waals surface area contributed by atoms with Crippen molar-refractivity contribution in [3.63, 3.8) is 0 Å². The maximum atomic E-state index is 12.6. The number of halogens is 3. The SMILES string of the molecule is O=C(NC1CN2CCC1C2)c1ccc(Oc2cc(C(F)(F)F)cs2)cc1. The van der Waals surface area contributed by atoms with Gasteiger partial charge >= 0.3 is 6.18 Å². The van der Waals surface area contributed by atoms with Gasteiger partial charge in [-0.05, 0) is 43.1 Å². The first-order valence-corrected chi connectivity index (χ1v) is 9.23. The van der Waals surface area contributed by atoms with Crippen LogP contribution in [0.25, 0.3) is 0 Å². The maximum absolute atomic E-state index is 12.6. The predicted octanol–water partition coefficient (Wildman–Crippen LogP) is 3.99. The predicted molar refractivity (Wildman–Crippen MR) is 91.6 cm³/mol. The number of hydrogen-bond acceptors (Lipinski definition) is 4. The number of rotatable bonds is 4. The van der Waals surface area contributed by atoms with Gasteiger partial charge in [-0.25, -0.2) is 0 Å². The number of amides is 1. The molecule has 1 aromatic heterocycles. The lowest BCUT2D eigenvalue weighted by Gasteiger charge is -2.23. The summed E-state index contributed by atoms with van der Waals surface area (Å²) in [6, 6.07) is 7.58. The molecule has 26 heavy (non-hydrogen) atoms. The molecule has 8 heteroatoms. The zero-order chi connectivity index (χ0) is 18.3. The quantitative estimate of drug-likeness (QED) is 0.869. The van der Waals surface area contributed by atoms with E-state index < -0.39 is 11.7 Å². The largest absolute Gasteiger partial charge is 0.447 e. The van der Waals surface area contributed by atoms with Crippen LogP contribution in [0.4, 0.5) is 13.2 Å². The van der Waals surface area contributed by atoms with Crippen LogP contribution in [0.5, 0.6) is 10.8 Å². The smallest absolute Gasteiger partial charge is 0.417 e. The maximum Gasteiger partial charge on any atom is 0.417 e. The van der Waals surface area contributed by atoms with Crippen LogP contribution in [0.15, 0.2) is 35.7 Å². The van der Waals surface area contributed by atoms with Gasteiger partial charge in [-0.2, -0.15) is 13.2 Å². The molecule has 1 aromatic carbocycles. The lowest BCUT2D eigenvalue weighted by atomic mass is 9.99. The standard InChI is InChI=1S/C18H17F3N2O2S/c19-18(20,21)13-7-16(26-10-13)25-14-3-1-11(2-4-14)17(24)22-15-9-23-6-5-12(15)8-23/h1-4,7,10,12,15H,5-6,8-9H2,(H,22,24). The molecule has 0 saturated carbocycles. The molecule has 1 amide bonds. The van der Waals surface area contributed by atoms with E-state index in [1.54, 1.807) is 24.3 Å². The highest BCUT2D eigenvalue weighted by molar-refractivity contribution is 7.12. The minimum absolute atomic E-state index is 0.134. The number of benzene rings is 1. The van der Waals surface area contributed by atoms with Crippen molar-refractivity contribution in [3.05, 3.63) is 46.8 Å². The Morgan fingerprint density at radius 2 is 2.00 bits per heavy atom. The van der Waals surface area contributed by atoms with Gasteiger partial charge in [0.25, 0.3) is 5.91 Å². The fraction of sp³-hybridized carbons (Fsp3) is 0.389. The second-order valence-corrected chi connectivity index (χ2v) is 7.54. The van der Waals surface area contributed by atoms with Crippen LogP contribution in [0.1, 0.15) is 22.3 Å². The molecule has 2 fully saturated rings. The van der Waals surface area contributed by atoms with Crippen LogP contribution in [-0.2, 0) is 6.18 Å². The summed E-state index contributed by atoms with van der Waals surface area (Å²) < 4.78 is 43.3. The Labute approximate surface area is 152 Å². The molecule has 0 spiro atoms. The van der Waals surface area contributed by atoms with Crippen molar-refractivity contribution >= 4 is 17.2 Å². The summed E-state index contributed by atoms with van der Waals surface area (Å²) in [6.45, 7) is 3.07. The average Bonchev–Trinajstić information content (AvgIpc) is 3.31. The van der Waals surface area contributed by atoms with Gasteiger partial charge in [-0.3, -0.25) is 4.79 Å². The summed E-state index contributed by atoms with van der Waals surface area (Å²) in [5.74, 6) is 0.789. The Balaban J connectivity index is 1.37. The number of thiophene rings is 1. The van der Waals surface area contributed by atoms with Crippen molar-refractivity contribution in [1.82, 2.24) is 10.2 Å². The molecule has 3 unspecified atom stereocenters. The van der Waals surface area contributed by atoms with Gasteiger partial charge in [0.2, 0.25) is 0 Å². The summed E-state index contributed by atoms with van der Waals surface area (Å²) >= 11 is 0.884. The first-order valence-electron chi connectivity index (χ1n) is 8.35. The fourth-order valence-corrected chi connectivity index (χ4v) is 4.29. The highest BCUT2D eigenvalue weighted by Crippen LogP contribution is 2.37. The lowest BCUT2D eigenvalue weighted by molar-refractivity contribution is -0.137. The van der Waals surface area contributed by atoms with Gasteiger partial charge in [0.1, 0.15) is 5.75 Å². The molecule has 2 bridgehead atoms. The first-order chi connectivity index (χ1) is 12.4. The molecule has 4 rings (SSSR count). The molecule has 0 aliphatic carbocycles. The number of carbonyl (C=O) groups excluding carboxylic acids is 1. The number of ether oxygens (including phenoxy) is 1. The van der Waals surface area contributed by atoms with Gasteiger partial charge in [0.15, 0.2) is 5.06 Å². The van der Waals surface area contributed by atoms with Crippen molar-refractivity contribution in [2.24, 2.45) is 5.92 Å². The second kappa shape index (κ2) is 6.59. The summed E-state index contributed by atoms with van der Waals surface area (Å²) in [5.41, 5.74) is -0.215. The van der Waals surface area contributed by atoms with Gasteiger partial charge < -0.3 is 15.0 Å². The number of piperidine rings is 1. The number of nitrogens with one attached hydrogen (secondary N) is 1. The zero-order valence-electron chi connectivity index (χ0n) is 13.8. The van der Waals surface area contributed by atoms with Crippen LogP contribution in [0, 0.1) is 5.92 Å². The minimum atomic E-state index is -4.38. The van der Waals surface area contributed by atoms with Crippen molar-refractivity contribution in [1.29, 1.82) is 0 Å². The van der Waals surface area contributed by atoms with E-state index in [0.29, 0.717) is 17.2 Å². The average molecular weight is 382 g/mol. The summed E-state index contributed by atoms with van der Waals surface area (Å²) in [4.78, 5) is 14.7. The highest BCUT2D eigenvalue weighted by Gasteiger charge is 2.38. The third-order valence-corrected chi connectivity index (χ3v) is 5.69. The monoisotopic (exact) mass is 382 g/mol. The third kappa shape index (κ3) is 3.57. The fourth-order valence-electron chi connectivity index (χ4n) is 3.51. The summed E-state index contributed by atoms with van der Waals surface area (Å²) in [7, 11) is 0. The van der Waals surface area contributed by atoms with Gasteiger partial charge in [0.05, 0.1) is 5.56 Å². The number of hydrogen-bond donors (Lipinski definition) is 1. The molecule has 2 aliphatic heterocycles. The molecular weight excluding hydrogens is 365 g/mol. The van der Waals surface area contributed by atoms with Gasteiger partial charge in [-0.1, -0.05) is 0 Å². The van der Waals surface area contributed by atoms with E-state index in [2.05, 4.69) is 10.2 Å². The molecule has 3 atom stereocenters. The van der Waals surface area contributed by atoms with Gasteiger partial charge in [0, 0.05) is 36.1 Å². The highest BCUT2D eigenvalue weighted by atomic mass is 32.1. The number of nitrogens with zero attached hydrogens (tertiary/aromatic N) is 1. The minimum Gasteiger partial charge on any atom is -0.447 e. The Morgan fingerprint density at radius 1 is 1.23 bits per heavy atom. The Bertz CT molecular complexity index is 804. The van der Waals surface area contributed by atoms with E-state index in [9.17, 15) is 18.0 Å². The molecule has 0 radical (unpaired) electrons. The van der Waals surface area contributed by atoms with Gasteiger partial charge in [-0.15, -0.1) is 11.3 Å². The van der Waals surface area contributed by atoms with E-state index >= 15 is 0 Å². The van der Waals surface area contributed by atoms with Crippen molar-refractivity contribution < 1.29 is 22.7 Å². The third-order valence-electron chi connectivity index (χ3n) is 4.89. The summed E-state index contributed by atoms with van der Waals surface area (Å²) in [6.07, 6.45) is -3.26. The zero-order valence-corrected chi connectivity index (χ0v) is 14.6. The van der Waals surface area contributed by atoms with Crippen molar-refractivity contribution in [3.8, 4) is 10.8 Å². The molecule has 2 aliphatic rings. The van der Waals surface area contributed by atoms with Crippen LogP contribution in [0.3, 0.4) is 0 Å². The van der Waals surface area contributed by atoms with Crippen LogP contribution >= 0.6 is 11.3 Å². The van der Waals surface area contributed by atoms with Crippen LogP contribution < -0.4 is 10.1 Å². The number of fused-ring (bicyclic) bond motifs is 2. The molecular formula is C18H17F3N2O2S. The Hall–Kier alpha value is -2.06. The second-order valence-electron chi connectivity index (χ2n) is 6.67. The molecule has 4 nitrogen and oxygen atoms in total. The Morgan fingerprint density at radius 3 is 2.58 bits per heavy atom. The number of carbonyl (C=O) groups is 1. The van der Waals surface area contributed by atoms with E-state index in [4.69, 9.17) is 4.74 Å². The summed E-state index contributed by atoms with van der Waals surface area (Å²) in [5, 5.41) is 4.25. The van der Waals surface area contributed by atoms with E-state index in [1.165, 1.54) is 0 Å². The van der Waals surface area contributed by atoms with Crippen LogP contribution in [0.2, 0.25) is 0 Å². The molecule has 2 saturated heterocycles. The van der Waals surface area contributed by atoms with Crippen LogP contribution in [-0.4, -0.2) is 36.5 Å². The van der Waals surface area contributed by atoms with Crippen molar-refractivity contribution in [2.75, 3.05) is 19.6 Å². The number of alkyl halides is 3. The first kappa shape index (κ1) is 17.4. The Kier molecular flexibility index (Phi) is 4.40. The van der Waals surface area contributed by atoms with E-state index in [1.807, 2.05) is 0 Å². The van der Waals surface area contributed by atoms with E-state index in [-0.39, 0.29) is 17.0 Å².